The van der Waals surface area contributed by atoms with E-state index in [0.29, 0.717) is 0 Å². The van der Waals surface area contributed by atoms with Gasteiger partial charge >= 0.3 is 0 Å². The maximum Gasteiger partial charge on any atom is 0.0619 e. The molecule has 0 unspecified atom stereocenters. The molecular formula is C62H38N2. The first kappa shape index (κ1) is 35.2. The fraction of sp³-hybridized carbons (Fsp3) is 0. The van der Waals surface area contributed by atoms with Gasteiger partial charge in [-0.3, -0.25) is 0 Å². The molecule has 14 rings (SSSR count). The topological polar surface area (TPSA) is 9.86 Å². The number of aromatic nitrogens is 2. The number of nitrogens with zero attached hydrogens (tertiary/aromatic N) is 2. The van der Waals surface area contributed by atoms with Crippen LogP contribution in [-0.4, -0.2) is 9.13 Å². The fourth-order valence-electron chi connectivity index (χ4n) is 11.0. The number of hydrogen-bond donors (Lipinski definition) is 0. The van der Waals surface area contributed by atoms with Crippen LogP contribution < -0.4 is 0 Å². The van der Waals surface area contributed by atoms with Crippen LogP contribution >= 0.6 is 0 Å². The van der Waals surface area contributed by atoms with Crippen LogP contribution in [0.3, 0.4) is 0 Å². The highest BCUT2D eigenvalue weighted by atomic mass is 15.0. The molecule has 0 saturated carbocycles. The van der Waals surface area contributed by atoms with E-state index in [2.05, 4.69) is 240 Å². The van der Waals surface area contributed by atoms with Gasteiger partial charge in [-0.05, 0) is 132 Å². The first-order valence-electron chi connectivity index (χ1n) is 22.2. The highest BCUT2D eigenvalue weighted by Crippen LogP contribution is 2.49. The lowest BCUT2D eigenvalue weighted by atomic mass is 9.92. The van der Waals surface area contributed by atoms with E-state index in [9.17, 15) is 0 Å². The molecule has 0 fully saturated rings. The minimum absolute atomic E-state index is 1.15. The second-order valence-electron chi connectivity index (χ2n) is 17.2. The molecule has 0 radical (unpaired) electrons. The van der Waals surface area contributed by atoms with Crippen molar-refractivity contribution in [2.45, 2.75) is 0 Å². The van der Waals surface area contributed by atoms with Gasteiger partial charge in [-0.2, -0.15) is 0 Å². The summed E-state index contributed by atoms with van der Waals surface area (Å²) >= 11 is 0. The Balaban J connectivity index is 0.879. The fourth-order valence-corrected chi connectivity index (χ4v) is 11.0. The summed E-state index contributed by atoms with van der Waals surface area (Å²) in [4.78, 5) is 0. The summed E-state index contributed by atoms with van der Waals surface area (Å²) < 4.78 is 4.87. The smallest absolute Gasteiger partial charge is 0.0619 e. The summed E-state index contributed by atoms with van der Waals surface area (Å²) in [5.41, 5.74) is 19.8. The Morgan fingerprint density at radius 1 is 0.234 bits per heavy atom. The van der Waals surface area contributed by atoms with Crippen molar-refractivity contribution < 1.29 is 0 Å². The highest BCUT2D eigenvalue weighted by molar-refractivity contribution is 6.20. The molecule has 296 valence electrons. The van der Waals surface area contributed by atoms with Crippen LogP contribution in [0.15, 0.2) is 231 Å². The van der Waals surface area contributed by atoms with Crippen molar-refractivity contribution in [1.29, 1.82) is 0 Å². The zero-order valence-corrected chi connectivity index (χ0v) is 34.8. The molecule has 2 nitrogen and oxygen atoms in total. The summed E-state index contributed by atoms with van der Waals surface area (Å²) in [6.07, 6.45) is 0. The van der Waals surface area contributed by atoms with Crippen LogP contribution in [0.25, 0.3) is 132 Å². The average molecular weight is 811 g/mol. The molecule has 11 aromatic carbocycles. The summed E-state index contributed by atoms with van der Waals surface area (Å²) in [6, 6.07) is 85.2. The van der Waals surface area contributed by atoms with Crippen LogP contribution in [0.2, 0.25) is 0 Å². The number of hydrogen-bond acceptors (Lipinski definition) is 0. The molecule has 1 aliphatic carbocycles. The van der Waals surface area contributed by atoms with Gasteiger partial charge in [-0.1, -0.05) is 170 Å². The lowest BCUT2D eigenvalue weighted by Gasteiger charge is -2.13. The van der Waals surface area contributed by atoms with E-state index in [1.54, 1.807) is 0 Å². The van der Waals surface area contributed by atoms with Crippen LogP contribution in [0.4, 0.5) is 0 Å². The Labute approximate surface area is 370 Å². The van der Waals surface area contributed by atoms with Crippen LogP contribution in [0, 0.1) is 0 Å². The van der Waals surface area contributed by atoms with Crippen molar-refractivity contribution in [1.82, 2.24) is 9.13 Å². The van der Waals surface area contributed by atoms with Gasteiger partial charge in [0.15, 0.2) is 0 Å². The number of para-hydroxylation sites is 2. The summed E-state index contributed by atoms with van der Waals surface area (Å²) in [7, 11) is 0. The summed E-state index contributed by atoms with van der Waals surface area (Å²) in [5, 5.41) is 10.2. The molecular weight excluding hydrogens is 773 g/mol. The van der Waals surface area contributed by atoms with Crippen molar-refractivity contribution in [2.75, 3.05) is 0 Å². The van der Waals surface area contributed by atoms with Gasteiger partial charge in [0.2, 0.25) is 0 Å². The molecule has 64 heavy (non-hydrogen) atoms. The predicted octanol–water partition coefficient (Wildman–Crippen LogP) is 16.8. The van der Waals surface area contributed by atoms with Gasteiger partial charge in [-0.15, -0.1) is 0 Å². The molecule has 0 saturated heterocycles. The second-order valence-corrected chi connectivity index (χ2v) is 17.2. The largest absolute Gasteiger partial charge is 0.309 e. The van der Waals surface area contributed by atoms with Crippen molar-refractivity contribution >= 4 is 65.2 Å². The standard InChI is InChI=1S/C62H38N2/c1-2-17-45(18-3-1)64-60-34-29-43(38-57(60)55-30-27-39-13-4-5-20-48(39)62(55)64)42-28-33-59-56(37-42)51-23-8-9-26-58(51)63(59)46-19-11-15-41(36-46)40-14-10-16-44(35-40)47-31-32-54-50-22-7-6-21-49(50)53-25-12-24-52(47)61(53)54/h1-38H. The quantitative estimate of drug-likeness (QED) is 0.164. The number of benzene rings is 11. The van der Waals surface area contributed by atoms with Crippen molar-refractivity contribution in [3.8, 4) is 67.0 Å². The van der Waals surface area contributed by atoms with E-state index in [1.165, 1.54) is 126 Å². The van der Waals surface area contributed by atoms with E-state index in [0.717, 1.165) is 5.69 Å². The molecule has 0 atom stereocenters. The molecule has 13 aromatic rings. The molecule has 2 heteroatoms. The Morgan fingerprint density at radius 2 is 0.781 bits per heavy atom. The van der Waals surface area contributed by atoms with Gasteiger partial charge in [0, 0.05) is 38.3 Å². The van der Waals surface area contributed by atoms with E-state index >= 15 is 0 Å². The van der Waals surface area contributed by atoms with Crippen LogP contribution in [0.5, 0.6) is 0 Å². The maximum absolute atomic E-state index is 2.44. The third-order valence-corrected chi connectivity index (χ3v) is 13.8. The summed E-state index contributed by atoms with van der Waals surface area (Å²) in [5.74, 6) is 0. The van der Waals surface area contributed by atoms with Gasteiger partial charge in [0.05, 0.1) is 22.1 Å². The zero-order valence-electron chi connectivity index (χ0n) is 34.8. The maximum atomic E-state index is 2.44. The zero-order chi connectivity index (χ0) is 41.9. The molecule has 2 aromatic heterocycles. The van der Waals surface area contributed by atoms with E-state index < -0.39 is 0 Å². The Bertz CT molecular complexity index is 4040. The minimum Gasteiger partial charge on any atom is -0.309 e. The molecule has 0 aliphatic heterocycles. The van der Waals surface area contributed by atoms with E-state index in [1.807, 2.05) is 0 Å². The van der Waals surface area contributed by atoms with Crippen molar-refractivity contribution in [3.05, 3.63) is 231 Å². The van der Waals surface area contributed by atoms with Crippen molar-refractivity contribution in [2.24, 2.45) is 0 Å². The van der Waals surface area contributed by atoms with E-state index in [4.69, 9.17) is 0 Å². The highest BCUT2D eigenvalue weighted by Gasteiger charge is 2.23. The lowest BCUT2D eigenvalue weighted by molar-refractivity contribution is 1.18. The molecule has 1 aliphatic rings. The molecule has 2 heterocycles. The van der Waals surface area contributed by atoms with E-state index in [-0.39, 0.29) is 0 Å². The Kier molecular flexibility index (Phi) is 7.43. The SMILES string of the molecule is c1ccc(-n2c3ccc(-c4ccc5c(c4)c4ccccc4n5-c4cccc(-c5cccc(-c6ccc7c8c(cccc68)-c6ccccc6-7)c5)c4)cc3c3ccc4ccccc4c32)cc1. The normalized spacial score (nSPS) is 12.1. The Morgan fingerprint density at radius 3 is 1.61 bits per heavy atom. The van der Waals surface area contributed by atoms with Gasteiger partial charge in [-0.25, -0.2) is 0 Å². The molecule has 0 N–H and O–H groups in total. The van der Waals surface area contributed by atoms with Gasteiger partial charge < -0.3 is 9.13 Å². The predicted molar refractivity (Wildman–Crippen MR) is 271 cm³/mol. The first-order chi connectivity index (χ1) is 31.7. The number of fused-ring (bicyclic) bond motifs is 11. The van der Waals surface area contributed by atoms with Gasteiger partial charge in [0.25, 0.3) is 0 Å². The first-order valence-corrected chi connectivity index (χ1v) is 22.2. The molecule has 0 bridgehead atoms. The summed E-state index contributed by atoms with van der Waals surface area (Å²) in [6.45, 7) is 0. The molecule has 0 amide bonds. The monoisotopic (exact) mass is 810 g/mol. The van der Waals surface area contributed by atoms with Crippen molar-refractivity contribution in [3.63, 3.8) is 0 Å². The van der Waals surface area contributed by atoms with Gasteiger partial charge in [0.1, 0.15) is 0 Å². The second kappa shape index (κ2) is 13.5. The number of rotatable bonds is 5. The van der Waals surface area contributed by atoms with Crippen LogP contribution in [-0.2, 0) is 0 Å². The third kappa shape index (κ3) is 5.08. The minimum atomic E-state index is 1.15. The molecule has 0 spiro atoms. The Hall–Kier alpha value is -8.46. The average Bonchev–Trinajstić information content (AvgIpc) is 4.01. The third-order valence-electron chi connectivity index (χ3n) is 13.8. The van der Waals surface area contributed by atoms with Crippen LogP contribution in [0.1, 0.15) is 0 Å². The lowest BCUT2D eigenvalue weighted by Crippen LogP contribution is -1.94.